The molecule has 90 valence electrons. The average Bonchev–Trinajstić information content (AvgIpc) is 2.64. The molecule has 0 saturated carbocycles. The molecule has 1 amide bonds. The van der Waals surface area contributed by atoms with E-state index in [9.17, 15) is 4.79 Å². The second kappa shape index (κ2) is 6.06. The van der Waals surface area contributed by atoms with Gasteiger partial charge in [0.2, 0.25) is 0 Å². The van der Waals surface area contributed by atoms with Crippen molar-refractivity contribution in [3.63, 3.8) is 0 Å². The number of hydrogen-bond donors (Lipinski definition) is 1. The Morgan fingerprint density at radius 3 is 2.69 bits per heavy atom. The maximum Gasteiger partial charge on any atom is 0.287 e. The maximum atomic E-state index is 11.8. The molecule has 0 radical (unpaired) electrons. The Kier molecular flexibility index (Phi) is 5.02. The number of carbonyl (C=O) groups is 1. The highest BCUT2D eigenvalue weighted by molar-refractivity contribution is 9.10. The van der Waals surface area contributed by atoms with Crippen LogP contribution in [0.5, 0.6) is 0 Å². The number of nitrogens with one attached hydrogen (secondary N) is 1. The van der Waals surface area contributed by atoms with Crippen LogP contribution in [0.25, 0.3) is 0 Å². The number of furan rings is 1. The van der Waals surface area contributed by atoms with Gasteiger partial charge in [0.05, 0.1) is 12.6 Å². The fourth-order valence-corrected chi connectivity index (χ4v) is 1.56. The van der Waals surface area contributed by atoms with E-state index in [-0.39, 0.29) is 11.9 Å². The van der Waals surface area contributed by atoms with Crippen LogP contribution in [-0.2, 0) is 4.74 Å². The van der Waals surface area contributed by atoms with Gasteiger partial charge in [-0.2, -0.15) is 0 Å². The van der Waals surface area contributed by atoms with Crippen LogP contribution < -0.4 is 5.32 Å². The van der Waals surface area contributed by atoms with Crippen molar-refractivity contribution < 1.29 is 13.9 Å². The van der Waals surface area contributed by atoms with Gasteiger partial charge >= 0.3 is 0 Å². The van der Waals surface area contributed by atoms with Crippen LogP contribution in [0, 0.1) is 5.92 Å². The van der Waals surface area contributed by atoms with Crippen LogP contribution >= 0.6 is 15.9 Å². The first-order valence-corrected chi connectivity index (χ1v) is 5.89. The molecule has 5 heteroatoms. The highest BCUT2D eigenvalue weighted by Crippen LogP contribution is 2.14. The molecule has 0 aliphatic heterocycles. The summed E-state index contributed by atoms with van der Waals surface area (Å²) < 4.78 is 10.8. The largest absolute Gasteiger partial charge is 0.444 e. The third kappa shape index (κ3) is 3.64. The number of rotatable bonds is 5. The second-order valence-electron chi connectivity index (χ2n) is 3.88. The van der Waals surface area contributed by atoms with E-state index < -0.39 is 0 Å². The van der Waals surface area contributed by atoms with Crippen LogP contribution in [-0.4, -0.2) is 25.7 Å². The highest BCUT2D eigenvalue weighted by Gasteiger charge is 2.18. The standard InChI is InChI=1S/C11H16BrNO3/c1-7(2)8(6-15-3)13-11(14)9-4-5-10(12)16-9/h4-5,7-8H,6H2,1-3H3,(H,13,14). The summed E-state index contributed by atoms with van der Waals surface area (Å²) >= 11 is 3.15. The van der Waals surface area contributed by atoms with E-state index in [4.69, 9.17) is 9.15 Å². The number of methoxy groups -OCH3 is 1. The van der Waals surface area contributed by atoms with Gasteiger partial charge in [0.15, 0.2) is 10.4 Å². The molecule has 1 aromatic heterocycles. The van der Waals surface area contributed by atoms with Crippen molar-refractivity contribution in [1.82, 2.24) is 5.32 Å². The monoisotopic (exact) mass is 289 g/mol. The van der Waals surface area contributed by atoms with Crippen molar-refractivity contribution in [3.05, 3.63) is 22.6 Å². The summed E-state index contributed by atoms with van der Waals surface area (Å²) in [5, 5.41) is 2.87. The molecule has 1 rings (SSSR count). The van der Waals surface area contributed by atoms with E-state index in [2.05, 4.69) is 21.2 Å². The van der Waals surface area contributed by atoms with E-state index in [0.717, 1.165) is 0 Å². The molecule has 1 unspecified atom stereocenters. The molecule has 16 heavy (non-hydrogen) atoms. The van der Waals surface area contributed by atoms with E-state index in [1.807, 2.05) is 13.8 Å². The fourth-order valence-electron chi connectivity index (χ4n) is 1.26. The quantitative estimate of drug-likeness (QED) is 0.906. The van der Waals surface area contributed by atoms with E-state index >= 15 is 0 Å². The van der Waals surface area contributed by atoms with E-state index in [1.165, 1.54) is 0 Å². The summed E-state index contributed by atoms with van der Waals surface area (Å²) in [7, 11) is 1.62. The second-order valence-corrected chi connectivity index (χ2v) is 4.66. The minimum absolute atomic E-state index is 0.0126. The fraction of sp³-hybridized carbons (Fsp3) is 0.545. The third-order valence-electron chi connectivity index (χ3n) is 2.26. The molecular weight excluding hydrogens is 274 g/mol. The van der Waals surface area contributed by atoms with Gasteiger partial charge in [-0.1, -0.05) is 13.8 Å². The maximum absolute atomic E-state index is 11.8. The molecule has 0 aromatic carbocycles. The van der Waals surface area contributed by atoms with Crippen molar-refractivity contribution in [2.24, 2.45) is 5.92 Å². The predicted octanol–water partition coefficient (Wildman–Crippen LogP) is 2.44. The topological polar surface area (TPSA) is 51.5 Å². The number of carbonyl (C=O) groups excluding carboxylic acids is 1. The first-order chi connectivity index (χ1) is 7.54. The van der Waals surface area contributed by atoms with Gasteiger partial charge in [-0.3, -0.25) is 4.79 Å². The van der Waals surface area contributed by atoms with Gasteiger partial charge in [0.25, 0.3) is 5.91 Å². The summed E-state index contributed by atoms with van der Waals surface area (Å²) in [4.78, 5) is 11.8. The lowest BCUT2D eigenvalue weighted by Gasteiger charge is -2.20. The van der Waals surface area contributed by atoms with Crippen LogP contribution in [0.15, 0.2) is 21.2 Å². The van der Waals surface area contributed by atoms with Crippen molar-refractivity contribution in [3.8, 4) is 0 Å². The van der Waals surface area contributed by atoms with Crippen molar-refractivity contribution >= 4 is 21.8 Å². The molecule has 0 bridgehead atoms. The van der Waals surface area contributed by atoms with Crippen molar-refractivity contribution in [2.45, 2.75) is 19.9 Å². The molecule has 4 nitrogen and oxygen atoms in total. The number of amides is 1. The zero-order chi connectivity index (χ0) is 12.1. The van der Waals surface area contributed by atoms with Gasteiger partial charge in [-0.15, -0.1) is 0 Å². The lowest BCUT2D eigenvalue weighted by atomic mass is 10.1. The van der Waals surface area contributed by atoms with E-state index in [0.29, 0.717) is 23.0 Å². The van der Waals surface area contributed by atoms with Crippen LogP contribution in [0.2, 0.25) is 0 Å². The van der Waals surface area contributed by atoms with Gasteiger partial charge in [0, 0.05) is 7.11 Å². The Bertz CT molecular complexity index is 349. The van der Waals surface area contributed by atoms with Gasteiger partial charge < -0.3 is 14.5 Å². The smallest absolute Gasteiger partial charge is 0.287 e. The Morgan fingerprint density at radius 2 is 2.25 bits per heavy atom. The normalized spacial score (nSPS) is 12.8. The average molecular weight is 290 g/mol. The predicted molar refractivity (Wildman–Crippen MR) is 64.4 cm³/mol. The highest BCUT2D eigenvalue weighted by atomic mass is 79.9. The third-order valence-corrected chi connectivity index (χ3v) is 2.69. The van der Waals surface area contributed by atoms with E-state index in [1.54, 1.807) is 19.2 Å². The van der Waals surface area contributed by atoms with Gasteiger partial charge in [0.1, 0.15) is 0 Å². The summed E-state index contributed by atoms with van der Waals surface area (Å²) in [5.74, 6) is 0.386. The van der Waals surface area contributed by atoms with Crippen LogP contribution in [0.3, 0.4) is 0 Å². The number of hydrogen-bond acceptors (Lipinski definition) is 3. The Hall–Kier alpha value is -0.810. The van der Waals surface area contributed by atoms with Crippen LogP contribution in [0.4, 0.5) is 0 Å². The Morgan fingerprint density at radius 1 is 1.56 bits per heavy atom. The molecule has 0 aliphatic rings. The van der Waals surface area contributed by atoms with Crippen molar-refractivity contribution in [2.75, 3.05) is 13.7 Å². The minimum atomic E-state index is -0.221. The summed E-state index contributed by atoms with van der Waals surface area (Å²) in [6.45, 7) is 4.55. The molecule has 0 spiro atoms. The zero-order valence-electron chi connectivity index (χ0n) is 9.62. The van der Waals surface area contributed by atoms with Gasteiger partial charge in [-0.25, -0.2) is 0 Å². The number of ether oxygens (including phenoxy) is 1. The molecular formula is C11H16BrNO3. The molecule has 1 atom stereocenters. The van der Waals surface area contributed by atoms with Gasteiger partial charge in [-0.05, 0) is 34.0 Å². The molecule has 0 aliphatic carbocycles. The summed E-state index contributed by atoms with van der Waals surface area (Å²) in [5.41, 5.74) is 0. The Labute approximate surface area is 103 Å². The summed E-state index contributed by atoms with van der Waals surface area (Å²) in [6.07, 6.45) is 0. The molecule has 0 saturated heterocycles. The molecule has 1 aromatic rings. The zero-order valence-corrected chi connectivity index (χ0v) is 11.2. The number of halogens is 1. The summed E-state index contributed by atoms with van der Waals surface area (Å²) in [6, 6.07) is 3.31. The molecule has 0 fully saturated rings. The first kappa shape index (κ1) is 13.3. The lowest BCUT2D eigenvalue weighted by Crippen LogP contribution is -2.41. The van der Waals surface area contributed by atoms with Crippen LogP contribution in [0.1, 0.15) is 24.4 Å². The van der Waals surface area contributed by atoms with Crippen molar-refractivity contribution in [1.29, 1.82) is 0 Å². The minimum Gasteiger partial charge on any atom is -0.444 e. The lowest BCUT2D eigenvalue weighted by molar-refractivity contribution is 0.0838. The molecule has 1 N–H and O–H groups in total. The Balaban J connectivity index is 2.61. The molecule has 1 heterocycles. The first-order valence-electron chi connectivity index (χ1n) is 5.09. The SMILES string of the molecule is COCC(NC(=O)c1ccc(Br)o1)C(C)C.